The maximum atomic E-state index is 5.40. The maximum Gasteiger partial charge on any atom is 0.131 e. The molecule has 0 unspecified atom stereocenters. The first-order valence-corrected chi connectivity index (χ1v) is 6.75. The molecule has 0 heterocycles. The summed E-state index contributed by atoms with van der Waals surface area (Å²) < 4.78 is 15.9. The van der Waals surface area contributed by atoms with Crippen molar-refractivity contribution in [2.24, 2.45) is 4.99 Å². The second-order valence-electron chi connectivity index (χ2n) is 4.29. The van der Waals surface area contributed by atoms with Crippen molar-refractivity contribution in [2.45, 2.75) is 6.92 Å². The van der Waals surface area contributed by atoms with E-state index in [-0.39, 0.29) is 0 Å². The monoisotopic (exact) mass is 285 g/mol. The normalized spacial score (nSPS) is 10.6. The molecule has 0 saturated carbocycles. The molecule has 2 aromatic rings. The van der Waals surface area contributed by atoms with Crippen molar-refractivity contribution < 1.29 is 14.2 Å². The zero-order chi connectivity index (χ0) is 15.1. The first-order chi connectivity index (χ1) is 10.3. The Morgan fingerprint density at radius 1 is 0.952 bits per heavy atom. The molecule has 0 saturated heterocycles. The molecule has 0 radical (unpaired) electrons. The minimum absolute atomic E-state index is 0.658. The molecule has 0 aliphatic carbocycles. The number of hydrogen-bond donors (Lipinski definition) is 0. The van der Waals surface area contributed by atoms with E-state index >= 15 is 0 Å². The summed E-state index contributed by atoms with van der Waals surface area (Å²) in [5.74, 6) is 2.33. The van der Waals surface area contributed by atoms with Gasteiger partial charge in [0.1, 0.15) is 17.2 Å². The van der Waals surface area contributed by atoms with E-state index in [0.717, 1.165) is 28.5 Å². The van der Waals surface area contributed by atoms with Gasteiger partial charge in [0, 0.05) is 17.8 Å². The molecule has 2 rings (SSSR count). The zero-order valence-corrected chi connectivity index (χ0v) is 12.5. The highest BCUT2D eigenvalue weighted by Crippen LogP contribution is 2.24. The van der Waals surface area contributed by atoms with Crippen LogP contribution in [0.15, 0.2) is 47.5 Å². The van der Waals surface area contributed by atoms with Crippen LogP contribution in [0.5, 0.6) is 17.2 Å². The van der Waals surface area contributed by atoms with E-state index in [1.165, 1.54) is 0 Å². The summed E-state index contributed by atoms with van der Waals surface area (Å²) in [4.78, 5) is 4.44. The summed E-state index contributed by atoms with van der Waals surface area (Å²) in [5.41, 5.74) is 1.75. The largest absolute Gasteiger partial charge is 0.497 e. The third-order valence-corrected chi connectivity index (χ3v) is 2.94. The van der Waals surface area contributed by atoms with Crippen molar-refractivity contribution in [2.75, 3.05) is 20.8 Å². The Kier molecular flexibility index (Phi) is 5.21. The summed E-state index contributed by atoms with van der Waals surface area (Å²) in [6.07, 6.45) is 1.77. The molecule has 0 aliphatic heterocycles. The fourth-order valence-corrected chi connectivity index (χ4v) is 1.86. The van der Waals surface area contributed by atoms with E-state index in [9.17, 15) is 0 Å². The lowest BCUT2D eigenvalue weighted by molar-refractivity contribution is 0.340. The summed E-state index contributed by atoms with van der Waals surface area (Å²) >= 11 is 0. The quantitative estimate of drug-likeness (QED) is 0.757. The predicted molar refractivity (Wildman–Crippen MR) is 84.4 cm³/mol. The van der Waals surface area contributed by atoms with Crippen LogP contribution < -0.4 is 14.2 Å². The predicted octanol–water partition coefficient (Wildman–Crippen LogP) is 3.85. The van der Waals surface area contributed by atoms with Gasteiger partial charge < -0.3 is 14.2 Å². The molecular weight excluding hydrogens is 266 g/mol. The topological polar surface area (TPSA) is 40.0 Å². The minimum Gasteiger partial charge on any atom is -0.497 e. The average molecular weight is 285 g/mol. The fourth-order valence-electron chi connectivity index (χ4n) is 1.86. The molecule has 0 amide bonds. The number of ether oxygens (including phenoxy) is 3. The summed E-state index contributed by atoms with van der Waals surface area (Å²) in [6, 6.07) is 13.3. The van der Waals surface area contributed by atoms with Gasteiger partial charge in [-0.2, -0.15) is 0 Å². The highest BCUT2D eigenvalue weighted by molar-refractivity contribution is 5.85. The molecule has 21 heavy (non-hydrogen) atoms. The highest BCUT2D eigenvalue weighted by Gasteiger charge is 2.02. The lowest BCUT2D eigenvalue weighted by Crippen LogP contribution is -1.92. The van der Waals surface area contributed by atoms with E-state index in [1.54, 1.807) is 20.4 Å². The van der Waals surface area contributed by atoms with Crippen LogP contribution in [0.25, 0.3) is 0 Å². The van der Waals surface area contributed by atoms with Crippen LogP contribution in [0.3, 0.4) is 0 Å². The third-order valence-electron chi connectivity index (χ3n) is 2.94. The van der Waals surface area contributed by atoms with Crippen LogP contribution in [0.2, 0.25) is 0 Å². The van der Waals surface area contributed by atoms with Gasteiger partial charge in [0.25, 0.3) is 0 Å². The number of aliphatic imine (C=N–C) groups is 1. The molecule has 0 aromatic heterocycles. The number of benzene rings is 2. The van der Waals surface area contributed by atoms with Crippen molar-refractivity contribution in [3.05, 3.63) is 48.0 Å². The molecule has 0 fully saturated rings. The molecule has 0 N–H and O–H groups in total. The van der Waals surface area contributed by atoms with Gasteiger partial charge in [-0.3, -0.25) is 4.99 Å². The molecule has 2 aromatic carbocycles. The van der Waals surface area contributed by atoms with E-state index in [4.69, 9.17) is 14.2 Å². The van der Waals surface area contributed by atoms with Gasteiger partial charge in [-0.25, -0.2) is 0 Å². The van der Waals surface area contributed by atoms with Crippen LogP contribution in [0.4, 0.5) is 5.69 Å². The summed E-state index contributed by atoms with van der Waals surface area (Å²) in [6.45, 7) is 2.62. The first-order valence-electron chi connectivity index (χ1n) is 6.75. The van der Waals surface area contributed by atoms with Crippen molar-refractivity contribution >= 4 is 11.9 Å². The second-order valence-corrected chi connectivity index (χ2v) is 4.29. The Morgan fingerprint density at radius 2 is 1.67 bits per heavy atom. The van der Waals surface area contributed by atoms with Gasteiger partial charge >= 0.3 is 0 Å². The van der Waals surface area contributed by atoms with Gasteiger partial charge in [0.05, 0.1) is 26.5 Å². The Labute approximate surface area is 125 Å². The summed E-state index contributed by atoms with van der Waals surface area (Å²) in [7, 11) is 3.26. The molecule has 0 spiro atoms. The lowest BCUT2D eigenvalue weighted by Gasteiger charge is -2.07. The first kappa shape index (κ1) is 14.9. The van der Waals surface area contributed by atoms with Gasteiger partial charge in [-0.05, 0) is 43.3 Å². The SMILES string of the molecule is CCOc1ccc(N=Cc2ccc(OC)cc2OC)cc1. The molecule has 0 bridgehead atoms. The Balaban J connectivity index is 2.16. The van der Waals surface area contributed by atoms with Crippen LogP contribution in [-0.2, 0) is 0 Å². The molecule has 110 valence electrons. The Bertz CT molecular complexity index is 606. The number of methoxy groups -OCH3 is 2. The summed E-state index contributed by atoms with van der Waals surface area (Å²) in [5, 5.41) is 0. The minimum atomic E-state index is 0.658. The molecule has 0 atom stereocenters. The smallest absolute Gasteiger partial charge is 0.131 e. The van der Waals surface area contributed by atoms with Crippen LogP contribution in [-0.4, -0.2) is 27.0 Å². The van der Waals surface area contributed by atoms with Crippen molar-refractivity contribution in [3.8, 4) is 17.2 Å². The van der Waals surface area contributed by atoms with E-state index < -0.39 is 0 Å². The standard InChI is InChI=1S/C17H19NO3/c1-4-21-15-9-6-14(7-10-15)18-12-13-5-8-16(19-2)11-17(13)20-3/h5-12H,4H2,1-3H3. The van der Waals surface area contributed by atoms with Gasteiger partial charge in [-0.1, -0.05) is 0 Å². The molecule has 4 heteroatoms. The van der Waals surface area contributed by atoms with Gasteiger partial charge in [0.2, 0.25) is 0 Å². The third kappa shape index (κ3) is 3.99. The highest BCUT2D eigenvalue weighted by atomic mass is 16.5. The number of nitrogens with zero attached hydrogens (tertiary/aromatic N) is 1. The Morgan fingerprint density at radius 3 is 2.29 bits per heavy atom. The van der Waals surface area contributed by atoms with E-state index in [0.29, 0.717) is 6.61 Å². The average Bonchev–Trinajstić information content (AvgIpc) is 2.54. The Hall–Kier alpha value is -2.49. The molecule has 4 nitrogen and oxygen atoms in total. The molecule has 0 aliphatic rings. The van der Waals surface area contributed by atoms with Crippen LogP contribution in [0.1, 0.15) is 12.5 Å². The number of rotatable bonds is 6. The lowest BCUT2D eigenvalue weighted by atomic mass is 10.2. The zero-order valence-electron chi connectivity index (χ0n) is 12.5. The van der Waals surface area contributed by atoms with Crippen molar-refractivity contribution in [1.29, 1.82) is 0 Å². The van der Waals surface area contributed by atoms with Gasteiger partial charge in [0.15, 0.2) is 0 Å². The van der Waals surface area contributed by atoms with E-state index in [1.807, 2.05) is 49.4 Å². The second kappa shape index (κ2) is 7.33. The van der Waals surface area contributed by atoms with E-state index in [2.05, 4.69) is 4.99 Å². The fraction of sp³-hybridized carbons (Fsp3) is 0.235. The number of hydrogen-bond acceptors (Lipinski definition) is 4. The van der Waals surface area contributed by atoms with Crippen LogP contribution in [0, 0.1) is 0 Å². The van der Waals surface area contributed by atoms with Gasteiger partial charge in [-0.15, -0.1) is 0 Å². The maximum absolute atomic E-state index is 5.40. The molecular formula is C17H19NO3. The van der Waals surface area contributed by atoms with Crippen molar-refractivity contribution in [3.63, 3.8) is 0 Å². The van der Waals surface area contributed by atoms with Crippen molar-refractivity contribution in [1.82, 2.24) is 0 Å². The van der Waals surface area contributed by atoms with Crippen LogP contribution >= 0.6 is 0 Å².